The fourth-order valence-corrected chi connectivity index (χ4v) is 2.57. The predicted molar refractivity (Wildman–Crippen MR) is 70.2 cm³/mol. The number of benzene rings is 1. The summed E-state index contributed by atoms with van der Waals surface area (Å²) in [5.74, 6) is 0.714. The molecule has 17 heavy (non-hydrogen) atoms. The van der Waals surface area contributed by atoms with Crippen LogP contribution < -0.4 is 0 Å². The molecular weight excluding hydrogens is 234 g/mol. The lowest BCUT2D eigenvalue weighted by atomic mass is 10.2. The molecule has 2 rings (SSSR count). The standard InChI is InChI=1S/C13H15NO2S/c1-10(11-5-3-2-4-6-11)17-9-14-12(15)7-8-13(14)16/h2-8,10,15-16H,9H2,1H3. The van der Waals surface area contributed by atoms with Gasteiger partial charge in [0.2, 0.25) is 0 Å². The van der Waals surface area contributed by atoms with E-state index in [9.17, 15) is 10.2 Å². The molecule has 2 N–H and O–H groups in total. The Morgan fingerprint density at radius 3 is 2.24 bits per heavy atom. The largest absolute Gasteiger partial charge is 0.494 e. The number of rotatable bonds is 4. The third-order valence-electron chi connectivity index (χ3n) is 2.66. The minimum atomic E-state index is 0.0928. The van der Waals surface area contributed by atoms with E-state index in [1.807, 2.05) is 18.2 Å². The fraction of sp³-hybridized carbons (Fsp3) is 0.231. The lowest BCUT2D eigenvalue weighted by Crippen LogP contribution is -1.96. The van der Waals surface area contributed by atoms with Gasteiger partial charge in [0.15, 0.2) is 11.8 Å². The first-order valence-electron chi connectivity index (χ1n) is 5.42. The highest BCUT2D eigenvalue weighted by Crippen LogP contribution is 2.32. The second kappa shape index (κ2) is 5.19. The summed E-state index contributed by atoms with van der Waals surface area (Å²) in [5, 5.41) is 19.3. The SMILES string of the molecule is CC(SCn1c(O)ccc1O)c1ccccc1. The van der Waals surface area contributed by atoms with Gasteiger partial charge in [0.1, 0.15) is 0 Å². The van der Waals surface area contributed by atoms with Gasteiger partial charge < -0.3 is 10.2 Å². The Balaban J connectivity index is 1.99. The second-order valence-electron chi connectivity index (χ2n) is 3.83. The van der Waals surface area contributed by atoms with Crippen LogP contribution in [0.25, 0.3) is 0 Å². The van der Waals surface area contributed by atoms with Crippen LogP contribution in [0.15, 0.2) is 42.5 Å². The molecule has 0 spiro atoms. The molecule has 1 unspecified atom stereocenters. The maximum Gasteiger partial charge on any atom is 0.194 e. The highest BCUT2D eigenvalue weighted by atomic mass is 32.2. The lowest BCUT2D eigenvalue weighted by molar-refractivity contribution is 0.385. The van der Waals surface area contributed by atoms with Crippen molar-refractivity contribution in [2.75, 3.05) is 0 Å². The Labute approximate surface area is 105 Å². The molecule has 1 aromatic heterocycles. The number of hydrogen-bond acceptors (Lipinski definition) is 3. The van der Waals surface area contributed by atoms with E-state index in [2.05, 4.69) is 19.1 Å². The van der Waals surface area contributed by atoms with Crippen LogP contribution in [0.2, 0.25) is 0 Å². The van der Waals surface area contributed by atoms with Gasteiger partial charge in [-0.2, -0.15) is 0 Å². The van der Waals surface area contributed by atoms with Crippen molar-refractivity contribution in [3.8, 4) is 11.8 Å². The van der Waals surface area contributed by atoms with E-state index in [4.69, 9.17) is 0 Å². The summed E-state index contributed by atoms with van der Waals surface area (Å²) in [5.41, 5.74) is 1.24. The highest BCUT2D eigenvalue weighted by Gasteiger charge is 2.09. The number of thioether (sulfide) groups is 1. The van der Waals surface area contributed by atoms with Gasteiger partial charge in [0, 0.05) is 17.4 Å². The molecule has 0 aliphatic heterocycles. The smallest absolute Gasteiger partial charge is 0.194 e. The summed E-state index contributed by atoms with van der Waals surface area (Å²) in [7, 11) is 0. The van der Waals surface area contributed by atoms with Crippen molar-refractivity contribution in [2.45, 2.75) is 18.1 Å². The number of hydrogen-bond donors (Lipinski definition) is 2. The van der Waals surface area contributed by atoms with E-state index < -0.39 is 0 Å². The summed E-state index contributed by atoms with van der Waals surface area (Å²) in [6.45, 7) is 2.11. The predicted octanol–water partition coefficient (Wildman–Crippen LogP) is 3.35. The van der Waals surface area contributed by atoms with Gasteiger partial charge >= 0.3 is 0 Å². The third kappa shape index (κ3) is 2.77. The average molecular weight is 249 g/mol. The van der Waals surface area contributed by atoms with Crippen molar-refractivity contribution in [2.24, 2.45) is 0 Å². The molecule has 0 saturated heterocycles. The topological polar surface area (TPSA) is 45.4 Å². The van der Waals surface area contributed by atoms with Crippen LogP contribution in [-0.4, -0.2) is 14.8 Å². The van der Waals surface area contributed by atoms with E-state index in [-0.39, 0.29) is 11.8 Å². The maximum absolute atomic E-state index is 9.50. The Morgan fingerprint density at radius 1 is 1.06 bits per heavy atom. The van der Waals surface area contributed by atoms with Crippen LogP contribution in [0.5, 0.6) is 11.8 Å². The Kier molecular flexibility index (Phi) is 3.64. The molecule has 0 aliphatic rings. The molecule has 0 saturated carbocycles. The Hall–Kier alpha value is -1.55. The van der Waals surface area contributed by atoms with E-state index in [1.165, 1.54) is 22.3 Å². The fourth-order valence-electron chi connectivity index (χ4n) is 1.59. The van der Waals surface area contributed by atoms with Gasteiger partial charge in [-0.15, -0.1) is 11.8 Å². The molecule has 0 fully saturated rings. The number of aromatic hydroxyl groups is 2. The zero-order valence-corrected chi connectivity index (χ0v) is 10.4. The van der Waals surface area contributed by atoms with E-state index in [0.717, 1.165) is 0 Å². The zero-order chi connectivity index (χ0) is 12.3. The summed E-state index contributed by atoms with van der Waals surface area (Å²) in [4.78, 5) is 0. The van der Waals surface area contributed by atoms with Crippen LogP contribution in [0, 0.1) is 0 Å². The first-order chi connectivity index (χ1) is 8.18. The minimum absolute atomic E-state index is 0.0928. The summed E-state index contributed by atoms with van der Waals surface area (Å²) in [6, 6.07) is 13.1. The number of nitrogens with zero attached hydrogens (tertiary/aromatic N) is 1. The van der Waals surface area contributed by atoms with Gasteiger partial charge in [0.05, 0.1) is 5.88 Å². The molecule has 0 bridgehead atoms. The molecule has 90 valence electrons. The molecule has 0 aliphatic carbocycles. The third-order valence-corrected chi connectivity index (χ3v) is 3.84. The molecule has 0 radical (unpaired) electrons. The lowest BCUT2D eigenvalue weighted by Gasteiger charge is -2.13. The van der Waals surface area contributed by atoms with Crippen LogP contribution in [0.3, 0.4) is 0 Å². The van der Waals surface area contributed by atoms with Crippen molar-refractivity contribution in [1.82, 2.24) is 4.57 Å². The monoisotopic (exact) mass is 249 g/mol. The van der Waals surface area contributed by atoms with Crippen molar-refractivity contribution in [1.29, 1.82) is 0 Å². The van der Waals surface area contributed by atoms with Crippen LogP contribution in [0.1, 0.15) is 17.7 Å². The van der Waals surface area contributed by atoms with Crippen LogP contribution in [-0.2, 0) is 5.88 Å². The summed E-state index contributed by atoms with van der Waals surface area (Å²) in [6.07, 6.45) is 0. The van der Waals surface area contributed by atoms with Crippen LogP contribution >= 0.6 is 11.8 Å². The van der Waals surface area contributed by atoms with Gasteiger partial charge in [-0.25, -0.2) is 0 Å². The zero-order valence-electron chi connectivity index (χ0n) is 9.58. The van der Waals surface area contributed by atoms with Crippen LogP contribution in [0.4, 0.5) is 0 Å². The Bertz CT molecular complexity index is 462. The summed E-state index contributed by atoms with van der Waals surface area (Å²) < 4.78 is 1.48. The summed E-state index contributed by atoms with van der Waals surface area (Å²) >= 11 is 1.66. The molecule has 0 amide bonds. The molecule has 3 nitrogen and oxygen atoms in total. The molecule has 2 aromatic rings. The van der Waals surface area contributed by atoms with Gasteiger partial charge in [0.25, 0.3) is 0 Å². The average Bonchev–Trinajstić information content (AvgIpc) is 2.67. The van der Waals surface area contributed by atoms with Crippen molar-refractivity contribution < 1.29 is 10.2 Å². The first kappa shape index (κ1) is 11.9. The van der Waals surface area contributed by atoms with Gasteiger partial charge in [-0.3, -0.25) is 4.57 Å². The molecule has 1 atom stereocenters. The van der Waals surface area contributed by atoms with E-state index >= 15 is 0 Å². The Morgan fingerprint density at radius 2 is 1.65 bits per heavy atom. The first-order valence-corrected chi connectivity index (χ1v) is 6.47. The van der Waals surface area contributed by atoms with Crippen molar-refractivity contribution in [3.63, 3.8) is 0 Å². The normalized spacial score (nSPS) is 12.5. The van der Waals surface area contributed by atoms with Crippen molar-refractivity contribution >= 4 is 11.8 Å². The van der Waals surface area contributed by atoms with Gasteiger partial charge in [-0.1, -0.05) is 30.3 Å². The van der Waals surface area contributed by atoms with E-state index in [0.29, 0.717) is 11.1 Å². The van der Waals surface area contributed by atoms with Crippen molar-refractivity contribution in [3.05, 3.63) is 48.0 Å². The highest BCUT2D eigenvalue weighted by molar-refractivity contribution is 7.98. The quantitative estimate of drug-likeness (QED) is 0.873. The molecule has 1 aromatic carbocycles. The second-order valence-corrected chi connectivity index (χ2v) is 5.13. The molecule has 1 heterocycles. The maximum atomic E-state index is 9.50. The van der Waals surface area contributed by atoms with E-state index in [1.54, 1.807) is 11.8 Å². The molecule has 4 heteroatoms. The minimum Gasteiger partial charge on any atom is -0.494 e. The number of aromatic nitrogens is 1. The molecular formula is C13H15NO2S. The van der Waals surface area contributed by atoms with Gasteiger partial charge in [-0.05, 0) is 12.5 Å².